The molecule has 0 bridgehead atoms. The summed E-state index contributed by atoms with van der Waals surface area (Å²) in [5, 5.41) is 20.0. The lowest BCUT2D eigenvalue weighted by Gasteiger charge is -2.25. The van der Waals surface area contributed by atoms with Gasteiger partial charge in [-0.3, -0.25) is 0 Å². The van der Waals surface area contributed by atoms with Crippen molar-refractivity contribution in [1.82, 2.24) is 0 Å². The Morgan fingerprint density at radius 2 is 1.71 bits per heavy atom. The van der Waals surface area contributed by atoms with Crippen LogP contribution in [0.3, 0.4) is 0 Å². The number of phenols is 1. The van der Waals surface area contributed by atoms with Crippen molar-refractivity contribution in [3.05, 3.63) is 64.7 Å². The summed E-state index contributed by atoms with van der Waals surface area (Å²) in [7, 11) is 0. The molecule has 2 aromatic carbocycles. The summed E-state index contributed by atoms with van der Waals surface area (Å²) in [4.78, 5) is 11.6. The minimum atomic E-state index is -1.06. The van der Waals surface area contributed by atoms with Crippen molar-refractivity contribution >= 4 is 5.97 Å². The van der Waals surface area contributed by atoms with Crippen molar-refractivity contribution in [2.45, 2.75) is 50.9 Å². The summed E-state index contributed by atoms with van der Waals surface area (Å²) in [5.74, 6) is -0.753. The second-order valence-corrected chi connectivity index (χ2v) is 6.78. The maximum Gasteiger partial charge on any atom is 0.339 e. The first-order chi connectivity index (χ1) is 11.6. The van der Waals surface area contributed by atoms with Crippen LogP contribution < -0.4 is 0 Å². The second-order valence-electron chi connectivity index (χ2n) is 6.78. The van der Waals surface area contributed by atoms with Gasteiger partial charge in [0.15, 0.2) is 0 Å². The minimum Gasteiger partial charge on any atom is -0.507 e. The molecule has 0 aromatic heterocycles. The average molecular weight is 324 g/mol. The van der Waals surface area contributed by atoms with Gasteiger partial charge in [0, 0.05) is 5.92 Å². The lowest BCUT2D eigenvalue weighted by molar-refractivity contribution is 0.0693. The summed E-state index contributed by atoms with van der Waals surface area (Å²) in [6.07, 6.45) is 5.56. The molecule has 1 fully saturated rings. The van der Waals surface area contributed by atoms with Crippen LogP contribution in [0.1, 0.15) is 77.9 Å². The largest absolute Gasteiger partial charge is 0.507 e. The molecule has 3 rings (SSSR count). The number of benzene rings is 2. The summed E-state index contributed by atoms with van der Waals surface area (Å²) >= 11 is 0. The maximum absolute atomic E-state index is 11.6. The smallest absolute Gasteiger partial charge is 0.339 e. The van der Waals surface area contributed by atoms with E-state index in [9.17, 15) is 15.0 Å². The molecule has 0 saturated heterocycles. The number of carbonyl (C=O) groups is 1. The Morgan fingerprint density at radius 1 is 1.04 bits per heavy atom. The molecule has 3 nitrogen and oxygen atoms in total. The third-order valence-corrected chi connectivity index (χ3v) is 5.24. The van der Waals surface area contributed by atoms with Crippen LogP contribution >= 0.6 is 0 Å². The van der Waals surface area contributed by atoms with Crippen LogP contribution in [0.15, 0.2) is 42.5 Å². The predicted molar refractivity (Wildman–Crippen MR) is 94.9 cm³/mol. The highest BCUT2D eigenvalue weighted by molar-refractivity contribution is 5.91. The molecular weight excluding hydrogens is 300 g/mol. The first-order valence-electron chi connectivity index (χ1n) is 8.73. The van der Waals surface area contributed by atoms with Gasteiger partial charge < -0.3 is 10.2 Å². The monoisotopic (exact) mass is 324 g/mol. The highest BCUT2D eigenvalue weighted by Gasteiger charge is 2.24. The Kier molecular flexibility index (Phi) is 4.89. The van der Waals surface area contributed by atoms with E-state index in [1.807, 2.05) is 24.3 Å². The van der Waals surface area contributed by atoms with Crippen molar-refractivity contribution in [2.24, 2.45) is 0 Å². The molecule has 1 unspecified atom stereocenters. The first kappa shape index (κ1) is 16.6. The van der Waals surface area contributed by atoms with Gasteiger partial charge in [0.2, 0.25) is 0 Å². The van der Waals surface area contributed by atoms with Gasteiger partial charge in [-0.25, -0.2) is 4.79 Å². The highest BCUT2D eigenvalue weighted by atomic mass is 16.4. The summed E-state index contributed by atoms with van der Waals surface area (Å²) in [6, 6.07) is 13.7. The third kappa shape index (κ3) is 3.30. The SMILES string of the molecule is CC(c1ccccc1)c1cc(C(=O)O)c(O)c(C2CCCCC2)c1. The average Bonchev–Trinajstić information content (AvgIpc) is 2.62. The summed E-state index contributed by atoms with van der Waals surface area (Å²) < 4.78 is 0. The quantitative estimate of drug-likeness (QED) is 0.803. The van der Waals surface area contributed by atoms with Gasteiger partial charge in [0.25, 0.3) is 0 Å². The van der Waals surface area contributed by atoms with Gasteiger partial charge in [-0.05, 0) is 41.5 Å². The first-order valence-corrected chi connectivity index (χ1v) is 8.73. The van der Waals surface area contributed by atoms with Crippen molar-refractivity contribution in [1.29, 1.82) is 0 Å². The Labute approximate surface area is 143 Å². The van der Waals surface area contributed by atoms with Gasteiger partial charge in [-0.2, -0.15) is 0 Å². The molecule has 1 atom stereocenters. The number of hydrogen-bond donors (Lipinski definition) is 2. The molecule has 0 heterocycles. The lowest BCUT2D eigenvalue weighted by Crippen LogP contribution is -2.09. The van der Waals surface area contributed by atoms with Crippen LogP contribution in [-0.2, 0) is 0 Å². The fraction of sp³-hybridized carbons (Fsp3) is 0.381. The van der Waals surface area contributed by atoms with Crippen molar-refractivity contribution in [2.75, 3.05) is 0 Å². The van der Waals surface area contributed by atoms with E-state index >= 15 is 0 Å². The lowest BCUT2D eigenvalue weighted by atomic mass is 9.80. The van der Waals surface area contributed by atoms with Gasteiger partial charge in [-0.15, -0.1) is 0 Å². The highest BCUT2D eigenvalue weighted by Crippen LogP contribution is 2.41. The van der Waals surface area contributed by atoms with Gasteiger partial charge >= 0.3 is 5.97 Å². The van der Waals surface area contributed by atoms with Crippen molar-refractivity contribution in [3.63, 3.8) is 0 Å². The van der Waals surface area contributed by atoms with E-state index in [4.69, 9.17) is 0 Å². The minimum absolute atomic E-state index is 0.0239. The zero-order chi connectivity index (χ0) is 17.1. The fourth-order valence-corrected chi connectivity index (χ4v) is 3.75. The molecule has 0 aliphatic heterocycles. The molecule has 0 spiro atoms. The fourth-order valence-electron chi connectivity index (χ4n) is 3.75. The zero-order valence-corrected chi connectivity index (χ0v) is 14.0. The normalized spacial score (nSPS) is 16.7. The number of aromatic hydroxyl groups is 1. The topological polar surface area (TPSA) is 57.5 Å². The molecule has 3 heteroatoms. The molecule has 1 aliphatic rings. The zero-order valence-electron chi connectivity index (χ0n) is 14.0. The molecular formula is C21H24O3. The standard InChI is InChI=1S/C21H24O3/c1-14(15-8-4-2-5-9-15)17-12-18(16-10-6-3-7-11-16)20(22)19(13-17)21(23)24/h2,4-5,8-9,12-14,16,22H,3,6-7,10-11H2,1H3,(H,23,24). The van der Waals surface area contributed by atoms with E-state index < -0.39 is 5.97 Å². The third-order valence-electron chi connectivity index (χ3n) is 5.24. The number of hydrogen-bond acceptors (Lipinski definition) is 2. The van der Waals surface area contributed by atoms with E-state index in [-0.39, 0.29) is 23.1 Å². The van der Waals surface area contributed by atoms with Crippen molar-refractivity contribution < 1.29 is 15.0 Å². The molecule has 1 aliphatic carbocycles. The molecule has 0 radical (unpaired) electrons. The maximum atomic E-state index is 11.6. The molecule has 126 valence electrons. The van der Waals surface area contributed by atoms with Crippen LogP contribution in [0.5, 0.6) is 5.75 Å². The van der Waals surface area contributed by atoms with Crippen LogP contribution in [0.4, 0.5) is 0 Å². The van der Waals surface area contributed by atoms with Crippen LogP contribution in [0.2, 0.25) is 0 Å². The Morgan fingerprint density at radius 3 is 2.33 bits per heavy atom. The molecule has 2 N–H and O–H groups in total. The van der Waals surface area contributed by atoms with Gasteiger partial charge in [-0.1, -0.05) is 62.6 Å². The van der Waals surface area contributed by atoms with E-state index in [0.717, 1.165) is 42.4 Å². The van der Waals surface area contributed by atoms with E-state index in [1.165, 1.54) is 6.42 Å². The van der Waals surface area contributed by atoms with E-state index in [1.54, 1.807) is 6.07 Å². The number of aromatic carboxylic acids is 1. The Bertz CT molecular complexity index is 715. The van der Waals surface area contributed by atoms with E-state index in [0.29, 0.717) is 0 Å². The Balaban J connectivity index is 2.06. The van der Waals surface area contributed by atoms with Crippen LogP contribution in [0, 0.1) is 0 Å². The Hall–Kier alpha value is -2.29. The number of carboxylic acid groups (broad SMARTS) is 1. The van der Waals surface area contributed by atoms with Crippen LogP contribution in [0.25, 0.3) is 0 Å². The van der Waals surface area contributed by atoms with Gasteiger partial charge in [0.05, 0.1) is 0 Å². The molecule has 1 saturated carbocycles. The second kappa shape index (κ2) is 7.08. The summed E-state index contributed by atoms with van der Waals surface area (Å²) in [5.41, 5.74) is 2.94. The van der Waals surface area contributed by atoms with Crippen molar-refractivity contribution in [3.8, 4) is 5.75 Å². The summed E-state index contributed by atoms with van der Waals surface area (Å²) in [6.45, 7) is 2.08. The van der Waals surface area contributed by atoms with Crippen LogP contribution in [-0.4, -0.2) is 16.2 Å². The molecule has 2 aromatic rings. The molecule has 0 amide bonds. The molecule has 24 heavy (non-hydrogen) atoms. The predicted octanol–water partition coefficient (Wildman–Crippen LogP) is 5.29. The number of rotatable bonds is 4. The van der Waals surface area contributed by atoms with Gasteiger partial charge in [0.1, 0.15) is 11.3 Å². The van der Waals surface area contributed by atoms with E-state index in [2.05, 4.69) is 19.1 Å². The number of carboxylic acids is 1.